The van der Waals surface area contributed by atoms with E-state index in [0.29, 0.717) is 25.1 Å². The Hall–Kier alpha value is -1.92. The number of amides is 2. The number of ether oxygens (including phenoxy) is 1. The molecule has 0 aromatic heterocycles. The van der Waals surface area contributed by atoms with Gasteiger partial charge in [0.1, 0.15) is 5.54 Å². The molecular formula is C15H21N3O3. The zero-order chi connectivity index (χ0) is 15.5. The van der Waals surface area contributed by atoms with Gasteiger partial charge in [-0.2, -0.15) is 0 Å². The molecule has 0 saturated carbocycles. The van der Waals surface area contributed by atoms with Gasteiger partial charge in [0.05, 0.1) is 6.61 Å². The molecule has 21 heavy (non-hydrogen) atoms. The monoisotopic (exact) mass is 291 g/mol. The Balaban J connectivity index is 2.00. The fraction of sp³-hybridized carbons (Fsp3) is 0.467. The van der Waals surface area contributed by atoms with Crippen molar-refractivity contribution in [3.8, 4) is 0 Å². The molecule has 1 aliphatic rings. The first-order valence-corrected chi connectivity index (χ1v) is 6.89. The second-order valence-corrected chi connectivity index (χ2v) is 5.40. The van der Waals surface area contributed by atoms with Crippen molar-refractivity contribution in [1.82, 2.24) is 10.2 Å². The van der Waals surface area contributed by atoms with E-state index in [9.17, 15) is 9.59 Å². The predicted octanol–water partition coefficient (Wildman–Crippen LogP) is 0.122. The molecular weight excluding hydrogens is 270 g/mol. The summed E-state index contributed by atoms with van der Waals surface area (Å²) in [6.45, 7) is 1.24. The number of benzene rings is 1. The van der Waals surface area contributed by atoms with Gasteiger partial charge >= 0.3 is 0 Å². The maximum atomic E-state index is 12.3. The summed E-state index contributed by atoms with van der Waals surface area (Å²) in [5.41, 5.74) is 6.70. The molecule has 0 radical (unpaired) electrons. The van der Waals surface area contributed by atoms with Crippen molar-refractivity contribution < 1.29 is 14.3 Å². The Morgan fingerprint density at radius 1 is 1.38 bits per heavy atom. The number of nitrogens with one attached hydrogen (secondary N) is 1. The lowest BCUT2D eigenvalue weighted by Crippen LogP contribution is -2.54. The average Bonchev–Trinajstić information content (AvgIpc) is 2.94. The molecule has 1 aliphatic heterocycles. The van der Waals surface area contributed by atoms with Gasteiger partial charge in [0.15, 0.2) is 0 Å². The zero-order valence-electron chi connectivity index (χ0n) is 12.4. The van der Waals surface area contributed by atoms with Gasteiger partial charge in [-0.1, -0.05) is 12.1 Å². The molecule has 0 aliphatic carbocycles. The lowest BCUT2D eigenvalue weighted by molar-refractivity contribution is -0.136. The number of carbonyl (C=O) groups excluding carboxylic acids is 2. The molecule has 2 rings (SSSR count). The summed E-state index contributed by atoms with van der Waals surface area (Å²) in [6.07, 6.45) is 0.547. The van der Waals surface area contributed by atoms with Crippen LogP contribution >= 0.6 is 0 Å². The third kappa shape index (κ3) is 3.40. The molecule has 6 heteroatoms. The maximum Gasteiger partial charge on any atom is 0.251 e. The van der Waals surface area contributed by atoms with Gasteiger partial charge in [-0.05, 0) is 24.1 Å². The number of likely N-dealkylation sites (N-methyl/N-ethyl adjacent to an activating group) is 1. The van der Waals surface area contributed by atoms with E-state index < -0.39 is 5.54 Å². The molecule has 1 saturated heterocycles. The normalized spacial score (nSPS) is 21.1. The first-order chi connectivity index (χ1) is 9.96. The average molecular weight is 291 g/mol. The van der Waals surface area contributed by atoms with E-state index in [4.69, 9.17) is 10.5 Å². The quantitative estimate of drug-likeness (QED) is 0.825. The van der Waals surface area contributed by atoms with Gasteiger partial charge in [-0.3, -0.25) is 9.59 Å². The van der Waals surface area contributed by atoms with Gasteiger partial charge in [0, 0.05) is 32.8 Å². The van der Waals surface area contributed by atoms with Crippen LogP contribution < -0.4 is 11.1 Å². The molecule has 114 valence electrons. The Morgan fingerprint density at radius 2 is 2.05 bits per heavy atom. The molecule has 6 nitrogen and oxygen atoms in total. The van der Waals surface area contributed by atoms with Crippen molar-refractivity contribution in [3.63, 3.8) is 0 Å². The first-order valence-electron chi connectivity index (χ1n) is 6.89. The largest absolute Gasteiger partial charge is 0.379 e. The summed E-state index contributed by atoms with van der Waals surface area (Å²) in [5, 5.41) is 2.57. The lowest BCUT2D eigenvalue weighted by Gasteiger charge is -2.27. The Labute approximate surface area is 124 Å². The summed E-state index contributed by atoms with van der Waals surface area (Å²) in [4.78, 5) is 25.4. The van der Waals surface area contributed by atoms with Gasteiger partial charge < -0.3 is 20.7 Å². The van der Waals surface area contributed by atoms with E-state index in [1.54, 1.807) is 31.1 Å². The number of hydrogen-bond donors (Lipinski definition) is 2. The smallest absolute Gasteiger partial charge is 0.251 e. The van der Waals surface area contributed by atoms with Crippen molar-refractivity contribution in [2.45, 2.75) is 18.5 Å². The van der Waals surface area contributed by atoms with E-state index in [2.05, 4.69) is 5.32 Å². The van der Waals surface area contributed by atoms with Gasteiger partial charge in [0.25, 0.3) is 5.91 Å². The summed E-state index contributed by atoms with van der Waals surface area (Å²) in [7, 11) is 3.31. The van der Waals surface area contributed by atoms with Crippen molar-refractivity contribution in [3.05, 3.63) is 35.4 Å². The topological polar surface area (TPSA) is 84.7 Å². The maximum absolute atomic E-state index is 12.3. The van der Waals surface area contributed by atoms with Crippen LogP contribution in [0.2, 0.25) is 0 Å². The molecule has 2 amide bonds. The van der Waals surface area contributed by atoms with Crippen molar-refractivity contribution >= 4 is 11.8 Å². The van der Waals surface area contributed by atoms with E-state index in [1.807, 2.05) is 12.1 Å². The number of hydrogen-bond acceptors (Lipinski definition) is 4. The Kier molecular flexibility index (Phi) is 4.59. The molecule has 1 heterocycles. The zero-order valence-corrected chi connectivity index (χ0v) is 12.4. The number of rotatable bonds is 4. The fourth-order valence-corrected chi connectivity index (χ4v) is 2.38. The first kappa shape index (κ1) is 15.5. The van der Waals surface area contributed by atoms with Crippen LogP contribution in [-0.2, 0) is 16.1 Å². The highest BCUT2D eigenvalue weighted by atomic mass is 16.5. The SMILES string of the molecule is CNC(=O)c1ccc(CN(C)C(=O)C2(N)CCOC2)cc1. The number of nitrogens with two attached hydrogens (primary N) is 1. The molecule has 1 aromatic rings. The molecule has 0 spiro atoms. The van der Waals surface area contributed by atoms with Crippen LogP contribution in [-0.4, -0.2) is 49.6 Å². The Morgan fingerprint density at radius 3 is 2.57 bits per heavy atom. The minimum Gasteiger partial charge on any atom is -0.379 e. The van der Waals surface area contributed by atoms with E-state index >= 15 is 0 Å². The highest BCUT2D eigenvalue weighted by Gasteiger charge is 2.40. The third-order valence-corrected chi connectivity index (χ3v) is 3.69. The van der Waals surface area contributed by atoms with Crippen LogP contribution in [0.3, 0.4) is 0 Å². The van der Waals surface area contributed by atoms with Crippen LogP contribution in [0.1, 0.15) is 22.3 Å². The van der Waals surface area contributed by atoms with Gasteiger partial charge in [0.2, 0.25) is 5.91 Å². The lowest BCUT2D eigenvalue weighted by atomic mass is 9.98. The molecule has 1 aromatic carbocycles. The van der Waals surface area contributed by atoms with E-state index in [-0.39, 0.29) is 18.4 Å². The molecule has 3 N–H and O–H groups in total. The Bertz CT molecular complexity index is 521. The molecule has 1 unspecified atom stereocenters. The van der Waals surface area contributed by atoms with E-state index in [0.717, 1.165) is 5.56 Å². The van der Waals surface area contributed by atoms with Crippen LogP contribution in [0.5, 0.6) is 0 Å². The highest BCUT2D eigenvalue weighted by molar-refractivity contribution is 5.94. The van der Waals surface area contributed by atoms with Crippen LogP contribution in [0.4, 0.5) is 0 Å². The fourth-order valence-electron chi connectivity index (χ4n) is 2.38. The van der Waals surface area contributed by atoms with Crippen LogP contribution in [0.15, 0.2) is 24.3 Å². The molecule has 1 atom stereocenters. The van der Waals surface area contributed by atoms with Crippen molar-refractivity contribution in [1.29, 1.82) is 0 Å². The van der Waals surface area contributed by atoms with Gasteiger partial charge in [-0.25, -0.2) is 0 Å². The van der Waals surface area contributed by atoms with Crippen LogP contribution in [0, 0.1) is 0 Å². The standard InChI is InChI=1S/C15H21N3O3/c1-17-13(19)12-5-3-11(4-6-12)9-18(2)14(20)15(16)7-8-21-10-15/h3-6H,7-10,16H2,1-2H3,(H,17,19). The third-order valence-electron chi connectivity index (χ3n) is 3.69. The number of nitrogens with zero attached hydrogens (tertiary/aromatic N) is 1. The van der Waals surface area contributed by atoms with Crippen LogP contribution in [0.25, 0.3) is 0 Å². The minimum atomic E-state index is -0.906. The summed E-state index contributed by atoms with van der Waals surface area (Å²) >= 11 is 0. The summed E-state index contributed by atoms with van der Waals surface area (Å²) in [6, 6.07) is 7.15. The molecule has 1 fully saturated rings. The van der Waals surface area contributed by atoms with Crippen molar-refractivity contribution in [2.24, 2.45) is 5.73 Å². The van der Waals surface area contributed by atoms with Crippen molar-refractivity contribution in [2.75, 3.05) is 27.3 Å². The summed E-state index contributed by atoms with van der Waals surface area (Å²) in [5.74, 6) is -0.245. The van der Waals surface area contributed by atoms with Gasteiger partial charge in [-0.15, -0.1) is 0 Å². The second kappa shape index (κ2) is 6.24. The predicted molar refractivity (Wildman–Crippen MR) is 78.7 cm³/mol. The summed E-state index contributed by atoms with van der Waals surface area (Å²) < 4.78 is 5.22. The number of carbonyl (C=O) groups is 2. The minimum absolute atomic E-state index is 0.115. The van der Waals surface area contributed by atoms with E-state index in [1.165, 1.54) is 0 Å². The second-order valence-electron chi connectivity index (χ2n) is 5.40. The highest BCUT2D eigenvalue weighted by Crippen LogP contribution is 2.19. The molecule has 0 bridgehead atoms.